The van der Waals surface area contributed by atoms with Gasteiger partial charge < -0.3 is 13.4 Å². The quantitative estimate of drug-likeness (QED) is 0.190. The number of para-hydroxylation sites is 2. The maximum absolute atomic E-state index is 6.61. The van der Waals surface area contributed by atoms with Gasteiger partial charge in [0.1, 0.15) is 34.3 Å². The Morgan fingerprint density at radius 3 is 1.98 bits per heavy atom. The lowest BCUT2D eigenvalue weighted by molar-refractivity contribution is 0.667. The maximum atomic E-state index is 6.61. The van der Waals surface area contributed by atoms with Crippen LogP contribution in [0.4, 0.5) is 0 Å². The van der Waals surface area contributed by atoms with Crippen molar-refractivity contribution < 1.29 is 8.83 Å². The minimum Gasteiger partial charge on any atom is -0.455 e. The molecule has 0 aliphatic carbocycles. The van der Waals surface area contributed by atoms with Gasteiger partial charge in [0, 0.05) is 32.8 Å². The van der Waals surface area contributed by atoms with Crippen molar-refractivity contribution in [3.63, 3.8) is 0 Å². The lowest BCUT2D eigenvalue weighted by atomic mass is 9.99. The first kappa shape index (κ1) is 27.9. The average Bonchev–Trinajstić information content (AvgIpc) is 3.87. The molecule has 7 aromatic carbocycles. The second-order valence-corrected chi connectivity index (χ2v) is 13.0. The molecule has 0 N–H and O–H groups in total. The summed E-state index contributed by atoms with van der Waals surface area (Å²) in [5.74, 6) is 0. The van der Waals surface area contributed by atoms with Crippen LogP contribution < -0.4 is 0 Å². The van der Waals surface area contributed by atoms with Crippen LogP contribution in [-0.2, 0) is 0 Å². The van der Waals surface area contributed by atoms with Crippen LogP contribution in [0, 0.1) is 0 Å². The molecule has 5 heteroatoms. The Balaban J connectivity index is 1.09. The summed E-state index contributed by atoms with van der Waals surface area (Å²) in [5.41, 5.74) is 13.6. The van der Waals surface area contributed by atoms with Crippen LogP contribution in [0.1, 0.15) is 0 Å². The molecular formula is C46H27N3O2. The molecule has 4 heterocycles. The third-order valence-electron chi connectivity index (χ3n) is 10.1. The highest BCUT2D eigenvalue weighted by molar-refractivity contribution is 6.24. The van der Waals surface area contributed by atoms with E-state index in [9.17, 15) is 0 Å². The Bertz CT molecular complexity index is 3130. The molecule has 0 aliphatic heterocycles. The average molecular weight is 654 g/mol. The van der Waals surface area contributed by atoms with E-state index >= 15 is 0 Å². The highest BCUT2D eigenvalue weighted by Crippen LogP contribution is 2.42. The van der Waals surface area contributed by atoms with Crippen molar-refractivity contribution in [3.8, 4) is 39.2 Å². The number of nitrogens with zero attached hydrogens (tertiary/aromatic N) is 3. The number of aromatic nitrogens is 3. The van der Waals surface area contributed by atoms with Gasteiger partial charge in [0.25, 0.3) is 0 Å². The van der Waals surface area contributed by atoms with E-state index in [4.69, 9.17) is 13.8 Å². The number of furan rings is 2. The summed E-state index contributed by atoms with van der Waals surface area (Å²) in [7, 11) is 0. The molecule has 5 nitrogen and oxygen atoms in total. The molecule has 51 heavy (non-hydrogen) atoms. The molecule has 11 aromatic rings. The molecule has 4 aromatic heterocycles. The SMILES string of the molecule is c1ccc(-c2ccc3oc4c(-c5cccc(-c6ccc7c(c6)c6c8oc9ccccc9c8ccc6n7-c6ccccc6)c5)ncnc4c3c2)cc1. The van der Waals surface area contributed by atoms with Gasteiger partial charge in [-0.1, -0.05) is 97.1 Å². The van der Waals surface area contributed by atoms with Crippen LogP contribution in [0.25, 0.3) is 105 Å². The van der Waals surface area contributed by atoms with Gasteiger partial charge in [0.2, 0.25) is 0 Å². The molecule has 0 bridgehead atoms. The maximum Gasteiger partial charge on any atom is 0.180 e. The van der Waals surface area contributed by atoms with Crippen molar-refractivity contribution in [2.45, 2.75) is 0 Å². The van der Waals surface area contributed by atoms with Gasteiger partial charge in [-0.3, -0.25) is 0 Å². The van der Waals surface area contributed by atoms with Gasteiger partial charge in [-0.2, -0.15) is 0 Å². The number of fused-ring (bicyclic) bond motifs is 10. The minimum absolute atomic E-state index is 0.684. The number of rotatable bonds is 4. The first-order valence-corrected chi connectivity index (χ1v) is 17.1. The predicted molar refractivity (Wildman–Crippen MR) is 207 cm³/mol. The summed E-state index contributed by atoms with van der Waals surface area (Å²) in [6.07, 6.45) is 1.64. The van der Waals surface area contributed by atoms with Gasteiger partial charge in [-0.15, -0.1) is 0 Å². The van der Waals surface area contributed by atoms with Crippen LogP contribution in [0.2, 0.25) is 0 Å². The fourth-order valence-electron chi connectivity index (χ4n) is 7.76. The van der Waals surface area contributed by atoms with Crippen molar-refractivity contribution >= 4 is 65.8 Å². The summed E-state index contributed by atoms with van der Waals surface area (Å²) in [6.45, 7) is 0. The molecule has 0 atom stereocenters. The number of hydrogen-bond acceptors (Lipinski definition) is 4. The molecule has 0 aliphatic rings. The van der Waals surface area contributed by atoms with Gasteiger partial charge in [0.05, 0.1) is 16.4 Å². The summed E-state index contributed by atoms with van der Waals surface area (Å²) in [5, 5.41) is 5.46. The van der Waals surface area contributed by atoms with Crippen molar-refractivity contribution in [2.75, 3.05) is 0 Å². The van der Waals surface area contributed by atoms with Crippen LogP contribution >= 0.6 is 0 Å². The van der Waals surface area contributed by atoms with E-state index in [1.54, 1.807) is 6.33 Å². The lowest BCUT2D eigenvalue weighted by Gasteiger charge is -2.09. The zero-order chi connectivity index (χ0) is 33.5. The molecule has 0 saturated heterocycles. The van der Waals surface area contributed by atoms with E-state index in [0.717, 1.165) is 99.4 Å². The fourth-order valence-corrected chi connectivity index (χ4v) is 7.76. The first-order chi connectivity index (χ1) is 25.3. The Kier molecular flexibility index (Phi) is 5.89. The molecule has 0 radical (unpaired) electrons. The van der Waals surface area contributed by atoms with Crippen LogP contribution in [0.5, 0.6) is 0 Å². The summed E-state index contributed by atoms with van der Waals surface area (Å²) in [6, 6.07) is 55.1. The van der Waals surface area contributed by atoms with Crippen molar-refractivity contribution in [3.05, 3.63) is 164 Å². The molecule has 0 spiro atoms. The van der Waals surface area contributed by atoms with Crippen LogP contribution in [-0.4, -0.2) is 14.5 Å². The number of benzene rings is 7. The second-order valence-electron chi connectivity index (χ2n) is 13.0. The fraction of sp³-hybridized carbons (Fsp3) is 0. The van der Waals surface area contributed by atoms with Crippen molar-refractivity contribution in [2.24, 2.45) is 0 Å². The largest absolute Gasteiger partial charge is 0.455 e. The molecule has 238 valence electrons. The van der Waals surface area contributed by atoms with Gasteiger partial charge in [-0.05, 0) is 82.9 Å². The summed E-state index contributed by atoms with van der Waals surface area (Å²) < 4.78 is 15.4. The van der Waals surface area contributed by atoms with E-state index < -0.39 is 0 Å². The highest BCUT2D eigenvalue weighted by atomic mass is 16.3. The van der Waals surface area contributed by atoms with Gasteiger partial charge in [-0.25, -0.2) is 9.97 Å². The smallest absolute Gasteiger partial charge is 0.180 e. The normalized spacial score (nSPS) is 11.9. The van der Waals surface area contributed by atoms with E-state index in [1.165, 1.54) is 0 Å². The Hall–Kier alpha value is -6.98. The molecule has 0 amide bonds. The highest BCUT2D eigenvalue weighted by Gasteiger charge is 2.20. The van der Waals surface area contributed by atoms with Gasteiger partial charge in [0.15, 0.2) is 5.58 Å². The van der Waals surface area contributed by atoms with E-state index in [-0.39, 0.29) is 0 Å². The Labute approximate surface area is 291 Å². The second kappa shape index (κ2) is 10.8. The first-order valence-electron chi connectivity index (χ1n) is 17.1. The van der Waals surface area contributed by atoms with Crippen molar-refractivity contribution in [1.82, 2.24) is 14.5 Å². The standard InChI is InChI=1S/C46H27N3O2/c1-3-10-28(11-4-1)30-19-23-41-37(26-30)44-46(51-41)43(47-27-48-44)32-13-9-12-29(24-32)31-18-21-38-36(25-31)42-39(49(38)33-14-5-2-6-15-33)22-20-35-34-16-7-8-17-40(34)50-45(35)42/h1-27H. The third-order valence-corrected chi connectivity index (χ3v) is 10.1. The summed E-state index contributed by atoms with van der Waals surface area (Å²) in [4.78, 5) is 9.44. The Morgan fingerprint density at radius 1 is 0.412 bits per heavy atom. The lowest BCUT2D eigenvalue weighted by Crippen LogP contribution is -1.93. The zero-order valence-electron chi connectivity index (χ0n) is 27.2. The molecule has 11 rings (SSSR count). The van der Waals surface area contributed by atoms with E-state index in [0.29, 0.717) is 5.58 Å². The Morgan fingerprint density at radius 2 is 1.08 bits per heavy atom. The number of hydrogen-bond donors (Lipinski definition) is 0. The van der Waals surface area contributed by atoms with Crippen molar-refractivity contribution in [1.29, 1.82) is 0 Å². The minimum atomic E-state index is 0.684. The summed E-state index contributed by atoms with van der Waals surface area (Å²) >= 11 is 0. The molecule has 0 fully saturated rings. The molecule has 0 saturated carbocycles. The van der Waals surface area contributed by atoms with Crippen LogP contribution in [0.15, 0.2) is 173 Å². The molecule has 0 unspecified atom stereocenters. The topological polar surface area (TPSA) is 57.0 Å². The third kappa shape index (κ3) is 4.22. The molecular weight excluding hydrogens is 627 g/mol. The van der Waals surface area contributed by atoms with E-state index in [1.807, 2.05) is 24.3 Å². The monoisotopic (exact) mass is 653 g/mol. The van der Waals surface area contributed by atoms with E-state index in [2.05, 4.69) is 143 Å². The van der Waals surface area contributed by atoms with Crippen LogP contribution in [0.3, 0.4) is 0 Å². The predicted octanol–water partition coefficient (Wildman–Crippen LogP) is 12.4. The van der Waals surface area contributed by atoms with Gasteiger partial charge >= 0.3 is 0 Å². The zero-order valence-corrected chi connectivity index (χ0v) is 27.2.